The summed E-state index contributed by atoms with van der Waals surface area (Å²) in [5.41, 5.74) is 2.81. The van der Waals surface area contributed by atoms with Crippen LogP contribution in [0.2, 0.25) is 0 Å². The van der Waals surface area contributed by atoms with Crippen molar-refractivity contribution in [2.75, 3.05) is 18.5 Å². The zero-order chi connectivity index (χ0) is 11.0. The molecule has 0 radical (unpaired) electrons. The van der Waals surface area contributed by atoms with Crippen molar-refractivity contribution in [2.45, 2.75) is 19.8 Å². The molecule has 0 spiro atoms. The first-order valence-electron chi connectivity index (χ1n) is 5.14. The summed E-state index contributed by atoms with van der Waals surface area (Å²) in [6.07, 6.45) is 1.19. The standard InChI is InChI=1S/C12H15NO2/c1-8(14)7-9-3-4-11-10(12(9)15)5-6-13(11)2/h3-4,15H,5-7H2,1-2H3. The molecule has 0 saturated heterocycles. The maximum absolute atomic E-state index is 11.0. The molecule has 0 amide bonds. The van der Waals surface area contributed by atoms with E-state index in [1.165, 1.54) is 0 Å². The summed E-state index contributed by atoms with van der Waals surface area (Å²) >= 11 is 0. The molecule has 1 aromatic carbocycles. The number of carbonyl (C=O) groups excluding carboxylic acids is 1. The molecule has 1 aliphatic heterocycles. The summed E-state index contributed by atoms with van der Waals surface area (Å²) in [6, 6.07) is 3.83. The van der Waals surface area contributed by atoms with Crippen LogP contribution in [0.3, 0.4) is 0 Å². The molecule has 1 heterocycles. The molecule has 0 fully saturated rings. The molecule has 15 heavy (non-hydrogen) atoms. The van der Waals surface area contributed by atoms with Gasteiger partial charge >= 0.3 is 0 Å². The number of hydrogen-bond donors (Lipinski definition) is 1. The van der Waals surface area contributed by atoms with Gasteiger partial charge in [-0.3, -0.25) is 4.79 Å². The molecule has 2 rings (SSSR count). The smallest absolute Gasteiger partial charge is 0.134 e. The lowest BCUT2D eigenvalue weighted by molar-refractivity contribution is -0.116. The Bertz CT molecular complexity index is 412. The number of phenolic OH excluding ortho intramolecular Hbond substituents is 1. The summed E-state index contributed by atoms with van der Waals surface area (Å²) in [4.78, 5) is 13.1. The van der Waals surface area contributed by atoms with E-state index < -0.39 is 0 Å². The van der Waals surface area contributed by atoms with Gasteiger partial charge in [0.1, 0.15) is 11.5 Å². The van der Waals surface area contributed by atoms with E-state index in [0.717, 1.165) is 29.8 Å². The third kappa shape index (κ3) is 1.69. The van der Waals surface area contributed by atoms with Crippen LogP contribution in [0.25, 0.3) is 0 Å². The number of fused-ring (bicyclic) bond motifs is 1. The molecule has 3 heteroatoms. The molecule has 1 N–H and O–H groups in total. The largest absolute Gasteiger partial charge is 0.507 e. The molecular formula is C12H15NO2. The van der Waals surface area contributed by atoms with Crippen LogP contribution < -0.4 is 4.90 Å². The Morgan fingerprint density at radius 3 is 2.93 bits per heavy atom. The molecular weight excluding hydrogens is 190 g/mol. The number of benzene rings is 1. The normalized spacial score (nSPS) is 14.1. The van der Waals surface area contributed by atoms with E-state index >= 15 is 0 Å². The van der Waals surface area contributed by atoms with Crippen molar-refractivity contribution in [3.63, 3.8) is 0 Å². The van der Waals surface area contributed by atoms with Gasteiger partial charge in [-0.2, -0.15) is 0 Å². The zero-order valence-corrected chi connectivity index (χ0v) is 9.08. The van der Waals surface area contributed by atoms with Crippen LogP contribution in [-0.4, -0.2) is 24.5 Å². The van der Waals surface area contributed by atoms with Crippen molar-refractivity contribution in [2.24, 2.45) is 0 Å². The van der Waals surface area contributed by atoms with Crippen molar-refractivity contribution in [3.8, 4) is 5.75 Å². The Hall–Kier alpha value is -1.51. The van der Waals surface area contributed by atoms with Crippen molar-refractivity contribution in [3.05, 3.63) is 23.3 Å². The third-order valence-electron chi connectivity index (χ3n) is 2.89. The lowest BCUT2D eigenvalue weighted by Crippen LogP contribution is -2.12. The van der Waals surface area contributed by atoms with Gasteiger partial charge in [0.05, 0.1) is 0 Å². The predicted octanol–water partition coefficient (Wildman–Crippen LogP) is 1.52. The van der Waals surface area contributed by atoms with E-state index in [1.807, 2.05) is 19.2 Å². The monoisotopic (exact) mass is 205 g/mol. The van der Waals surface area contributed by atoms with Crippen LogP contribution in [0.1, 0.15) is 18.1 Å². The molecule has 0 aromatic heterocycles. The number of Topliss-reactive ketones (excluding diaryl/α,β-unsaturated/α-hetero) is 1. The molecule has 1 aromatic rings. The Labute approximate surface area is 89.3 Å². The molecule has 0 atom stereocenters. The van der Waals surface area contributed by atoms with Crippen LogP contribution in [0.4, 0.5) is 5.69 Å². The fourth-order valence-corrected chi connectivity index (χ4v) is 2.09. The Kier molecular flexibility index (Phi) is 2.39. The summed E-state index contributed by atoms with van der Waals surface area (Å²) in [5.74, 6) is 0.392. The molecule has 0 saturated carbocycles. The van der Waals surface area contributed by atoms with E-state index in [2.05, 4.69) is 4.90 Å². The lowest BCUT2D eigenvalue weighted by Gasteiger charge is -2.13. The molecule has 3 nitrogen and oxygen atoms in total. The fourth-order valence-electron chi connectivity index (χ4n) is 2.09. The van der Waals surface area contributed by atoms with Gasteiger partial charge in [-0.25, -0.2) is 0 Å². The average Bonchev–Trinajstić information content (AvgIpc) is 2.53. The van der Waals surface area contributed by atoms with Gasteiger partial charge in [-0.1, -0.05) is 6.07 Å². The minimum Gasteiger partial charge on any atom is -0.507 e. The van der Waals surface area contributed by atoms with Gasteiger partial charge < -0.3 is 10.0 Å². The minimum atomic E-state index is 0.0802. The Morgan fingerprint density at radius 1 is 1.53 bits per heavy atom. The Balaban J connectivity index is 2.41. The number of aromatic hydroxyl groups is 1. The van der Waals surface area contributed by atoms with Crippen molar-refractivity contribution in [1.29, 1.82) is 0 Å². The van der Waals surface area contributed by atoms with Crippen LogP contribution in [0, 0.1) is 0 Å². The van der Waals surface area contributed by atoms with E-state index in [9.17, 15) is 9.90 Å². The van der Waals surface area contributed by atoms with Crippen molar-refractivity contribution in [1.82, 2.24) is 0 Å². The van der Waals surface area contributed by atoms with Gasteiger partial charge in [-0.05, 0) is 19.4 Å². The van der Waals surface area contributed by atoms with Gasteiger partial charge in [-0.15, -0.1) is 0 Å². The third-order valence-corrected chi connectivity index (χ3v) is 2.89. The van der Waals surface area contributed by atoms with E-state index in [1.54, 1.807) is 6.92 Å². The van der Waals surface area contributed by atoms with E-state index in [4.69, 9.17) is 0 Å². The number of anilines is 1. The summed E-state index contributed by atoms with van der Waals surface area (Å²) in [7, 11) is 2.01. The maximum atomic E-state index is 11.0. The molecule has 0 unspecified atom stereocenters. The maximum Gasteiger partial charge on any atom is 0.134 e. The van der Waals surface area contributed by atoms with Gasteiger partial charge in [0, 0.05) is 36.8 Å². The van der Waals surface area contributed by atoms with Crippen molar-refractivity contribution >= 4 is 11.5 Å². The zero-order valence-electron chi connectivity index (χ0n) is 9.08. The van der Waals surface area contributed by atoms with Crippen molar-refractivity contribution < 1.29 is 9.90 Å². The first kappa shape index (κ1) is 10.0. The molecule has 0 aliphatic carbocycles. The SMILES string of the molecule is CC(=O)Cc1ccc2c(c1O)CCN2C. The van der Waals surface area contributed by atoms with Gasteiger partial charge in [0.25, 0.3) is 0 Å². The fraction of sp³-hybridized carbons (Fsp3) is 0.417. The van der Waals surface area contributed by atoms with Crippen LogP contribution >= 0.6 is 0 Å². The molecule has 1 aliphatic rings. The minimum absolute atomic E-state index is 0.0802. The number of nitrogens with zero attached hydrogens (tertiary/aromatic N) is 1. The van der Waals surface area contributed by atoms with Crippen LogP contribution in [0.5, 0.6) is 5.75 Å². The van der Waals surface area contributed by atoms with Gasteiger partial charge in [0.15, 0.2) is 0 Å². The lowest BCUT2D eigenvalue weighted by atomic mass is 10.0. The summed E-state index contributed by atoms with van der Waals surface area (Å²) < 4.78 is 0. The number of likely N-dealkylation sites (N-methyl/N-ethyl adjacent to an activating group) is 1. The first-order valence-corrected chi connectivity index (χ1v) is 5.14. The first-order chi connectivity index (χ1) is 7.09. The highest BCUT2D eigenvalue weighted by Gasteiger charge is 2.21. The highest BCUT2D eigenvalue weighted by molar-refractivity contribution is 5.80. The van der Waals surface area contributed by atoms with Crippen LogP contribution in [-0.2, 0) is 17.6 Å². The summed E-state index contributed by atoms with van der Waals surface area (Å²) in [5, 5.41) is 10.00. The predicted molar refractivity (Wildman–Crippen MR) is 59.5 cm³/mol. The number of hydrogen-bond acceptors (Lipinski definition) is 3. The second kappa shape index (κ2) is 3.57. The highest BCUT2D eigenvalue weighted by Crippen LogP contribution is 2.36. The van der Waals surface area contributed by atoms with E-state index in [-0.39, 0.29) is 5.78 Å². The number of rotatable bonds is 2. The molecule has 0 bridgehead atoms. The second-order valence-corrected chi connectivity index (χ2v) is 4.12. The number of phenols is 1. The topological polar surface area (TPSA) is 40.5 Å². The number of ketones is 1. The van der Waals surface area contributed by atoms with Gasteiger partial charge in [0.2, 0.25) is 0 Å². The molecule has 80 valence electrons. The quantitative estimate of drug-likeness (QED) is 0.795. The summed E-state index contributed by atoms with van der Waals surface area (Å²) in [6.45, 7) is 2.48. The van der Waals surface area contributed by atoms with Crippen LogP contribution in [0.15, 0.2) is 12.1 Å². The number of carbonyl (C=O) groups is 1. The Morgan fingerprint density at radius 2 is 2.27 bits per heavy atom. The van der Waals surface area contributed by atoms with E-state index in [0.29, 0.717) is 12.2 Å². The second-order valence-electron chi connectivity index (χ2n) is 4.12. The average molecular weight is 205 g/mol. The highest BCUT2D eigenvalue weighted by atomic mass is 16.3.